The first-order chi connectivity index (χ1) is 10.8. The number of hydrogen-bond acceptors (Lipinski definition) is 3. The van der Waals surface area contributed by atoms with Gasteiger partial charge in [0.05, 0.1) is 5.69 Å². The van der Waals surface area contributed by atoms with Crippen molar-refractivity contribution in [2.24, 2.45) is 0 Å². The van der Waals surface area contributed by atoms with Crippen LogP contribution in [0.5, 0.6) is 0 Å². The molecule has 2 aromatic rings. The minimum absolute atomic E-state index is 0.134. The van der Waals surface area contributed by atoms with E-state index in [0.29, 0.717) is 12.2 Å². The van der Waals surface area contributed by atoms with E-state index in [1.165, 1.54) is 0 Å². The Morgan fingerprint density at radius 1 is 1.17 bits per heavy atom. The molecule has 0 radical (unpaired) electrons. The van der Waals surface area contributed by atoms with Gasteiger partial charge in [-0.25, -0.2) is 4.68 Å². The van der Waals surface area contributed by atoms with Gasteiger partial charge in [-0.3, -0.25) is 9.59 Å². The van der Waals surface area contributed by atoms with Gasteiger partial charge in [-0.05, 0) is 32.9 Å². The van der Waals surface area contributed by atoms with E-state index in [1.54, 1.807) is 17.7 Å². The van der Waals surface area contributed by atoms with Crippen LogP contribution in [0.25, 0.3) is 5.69 Å². The lowest BCUT2D eigenvalue weighted by atomic mass is 10.1. The number of hydrogen-bond donors (Lipinski definition) is 2. The number of aromatic nitrogens is 2. The number of amides is 2. The third kappa shape index (κ3) is 4.42. The lowest BCUT2D eigenvalue weighted by Gasteiger charge is -2.19. The summed E-state index contributed by atoms with van der Waals surface area (Å²) in [6, 6.07) is 10.9. The molecule has 0 saturated carbocycles. The summed E-state index contributed by atoms with van der Waals surface area (Å²) in [5.74, 6) is 0.0612. The number of benzene rings is 1. The highest BCUT2D eigenvalue weighted by molar-refractivity contribution is 5.96. The van der Waals surface area contributed by atoms with E-state index < -0.39 is 0 Å². The second kappa shape index (κ2) is 6.64. The van der Waals surface area contributed by atoms with E-state index in [0.717, 1.165) is 5.69 Å². The van der Waals surface area contributed by atoms with Gasteiger partial charge < -0.3 is 10.6 Å². The summed E-state index contributed by atoms with van der Waals surface area (Å²) in [7, 11) is 0. The van der Waals surface area contributed by atoms with Gasteiger partial charge in [-0.1, -0.05) is 25.1 Å². The smallest absolute Gasteiger partial charge is 0.272 e. The maximum Gasteiger partial charge on any atom is 0.272 e. The highest BCUT2D eigenvalue weighted by atomic mass is 16.2. The molecule has 122 valence electrons. The molecular formula is C17H22N4O2. The Labute approximate surface area is 135 Å². The summed E-state index contributed by atoms with van der Waals surface area (Å²) in [6.07, 6.45) is 0.351. The monoisotopic (exact) mass is 314 g/mol. The van der Waals surface area contributed by atoms with Crippen molar-refractivity contribution in [2.45, 2.75) is 39.7 Å². The average molecular weight is 314 g/mol. The van der Waals surface area contributed by atoms with Crippen LogP contribution in [0.4, 0.5) is 5.82 Å². The molecule has 0 bridgehead atoms. The van der Waals surface area contributed by atoms with Crippen LogP contribution in [0.15, 0.2) is 36.4 Å². The van der Waals surface area contributed by atoms with Crippen LogP contribution in [0, 0.1) is 0 Å². The van der Waals surface area contributed by atoms with Crippen LogP contribution in [0.3, 0.4) is 0 Å². The molecule has 1 aromatic heterocycles. The van der Waals surface area contributed by atoms with Gasteiger partial charge in [0.1, 0.15) is 5.82 Å². The Morgan fingerprint density at radius 2 is 1.83 bits per heavy atom. The van der Waals surface area contributed by atoms with Crippen LogP contribution in [0.2, 0.25) is 0 Å². The fourth-order valence-corrected chi connectivity index (χ4v) is 1.98. The maximum atomic E-state index is 12.3. The van der Waals surface area contributed by atoms with Gasteiger partial charge in [0, 0.05) is 18.0 Å². The van der Waals surface area contributed by atoms with Gasteiger partial charge >= 0.3 is 0 Å². The zero-order valence-electron chi connectivity index (χ0n) is 13.9. The Bertz CT molecular complexity index is 699. The number of anilines is 1. The lowest BCUT2D eigenvalue weighted by molar-refractivity contribution is -0.115. The van der Waals surface area contributed by atoms with Crippen molar-refractivity contribution < 1.29 is 9.59 Å². The van der Waals surface area contributed by atoms with Crippen LogP contribution >= 0.6 is 0 Å². The molecule has 6 nitrogen and oxygen atoms in total. The molecule has 0 atom stereocenters. The second-order valence-electron chi connectivity index (χ2n) is 6.27. The van der Waals surface area contributed by atoms with Crippen molar-refractivity contribution in [3.63, 3.8) is 0 Å². The number of carbonyl (C=O) groups is 2. The second-order valence-corrected chi connectivity index (χ2v) is 6.27. The Kier molecular flexibility index (Phi) is 4.83. The fraction of sp³-hybridized carbons (Fsp3) is 0.353. The molecule has 0 fully saturated rings. The molecular weight excluding hydrogens is 292 g/mol. The van der Waals surface area contributed by atoms with Crippen molar-refractivity contribution in [1.82, 2.24) is 15.1 Å². The molecule has 0 saturated heterocycles. The van der Waals surface area contributed by atoms with Gasteiger partial charge in [0.15, 0.2) is 5.69 Å². The summed E-state index contributed by atoms with van der Waals surface area (Å²) in [6.45, 7) is 7.47. The molecule has 1 heterocycles. The van der Waals surface area contributed by atoms with E-state index in [2.05, 4.69) is 15.7 Å². The van der Waals surface area contributed by atoms with E-state index in [9.17, 15) is 9.59 Å². The molecule has 0 unspecified atom stereocenters. The molecule has 2 rings (SSSR count). The highest BCUT2D eigenvalue weighted by Gasteiger charge is 2.20. The number of carbonyl (C=O) groups excluding carboxylic acids is 2. The van der Waals surface area contributed by atoms with Crippen LogP contribution in [-0.2, 0) is 4.79 Å². The number of nitrogens with zero attached hydrogens (tertiary/aromatic N) is 2. The Morgan fingerprint density at radius 3 is 2.39 bits per heavy atom. The molecule has 0 aliphatic rings. The normalized spacial score (nSPS) is 11.1. The molecule has 23 heavy (non-hydrogen) atoms. The summed E-state index contributed by atoms with van der Waals surface area (Å²) in [5, 5.41) is 9.99. The van der Waals surface area contributed by atoms with Crippen molar-refractivity contribution in [1.29, 1.82) is 0 Å². The van der Waals surface area contributed by atoms with E-state index in [1.807, 2.05) is 51.1 Å². The van der Waals surface area contributed by atoms with Crippen molar-refractivity contribution in [3.05, 3.63) is 42.1 Å². The Balaban J connectivity index is 2.39. The van der Waals surface area contributed by atoms with Crippen molar-refractivity contribution in [2.75, 3.05) is 5.32 Å². The Hall–Kier alpha value is -2.63. The van der Waals surface area contributed by atoms with Crippen LogP contribution in [0.1, 0.15) is 44.6 Å². The third-order valence-corrected chi connectivity index (χ3v) is 3.02. The van der Waals surface area contributed by atoms with Gasteiger partial charge in [-0.2, -0.15) is 5.10 Å². The van der Waals surface area contributed by atoms with E-state index >= 15 is 0 Å². The zero-order chi connectivity index (χ0) is 17.0. The predicted octanol–water partition coefficient (Wildman–Crippen LogP) is 2.75. The summed E-state index contributed by atoms with van der Waals surface area (Å²) in [4.78, 5) is 24.0. The first-order valence-electron chi connectivity index (χ1n) is 7.58. The molecule has 2 amide bonds. The van der Waals surface area contributed by atoms with Gasteiger partial charge in [0.2, 0.25) is 5.91 Å². The minimum Gasteiger partial charge on any atom is -0.346 e. The van der Waals surface area contributed by atoms with Crippen molar-refractivity contribution in [3.8, 4) is 5.69 Å². The third-order valence-electron chi connectivity index (χ3n) is 3.02. The van der Waals surface area contributed by atoms with E-state index in [-0.39, 0.29) is 23.0 Å². The van der Waals surface area contributed by atoms with E-state index in [4.69, 9.17) is 0 Å². The molecule has 6 heteroatoms. The quantitative estimate of drug-likeness (QED) is 0.911. The zero-order valence-corrected chi connectivity index (χ0v) is 13.9. The highest BCUT2D eigenvalue weighted by Crippen LogP contribution is 2.18. The lowest BCUT2D eigenvalue weighted by Crippen LogP contribution is -2.40. The first kappa shape index (κ1) is 16.7. The molecule has 2 N–H and O–H groups in total. The summed E-state index contributed by atoms with van der Waals surface area (Å²) >= 11 is 0. The molecule has 1 aromatic carbocycles. The topological polar surface area (TPSA) is 76.0 Å². The number of nitrogens with one attached hydrogen (secondary N) is 2. The van der Waals surface area contributed by atoms with Gasteiger partial charge in [0.25, 0.3) is 5.91 Å². The largest absolute Gasteiger partial charge is 0.346 e. The van der Waals surface area contributed by atoms with Crippen molar-refractivity contribution >= 4 is 17.6 Å². The molecule has 0 spiro atoms. The van der Waals surface area contributed by atoms with Crippen LogP contribution in [-0.4, -0.2) is 27.1 Å². The molecule has 0 aliphatic heterocycles. The number of para-hydroxylation sites is 1. The van der Waals surface area contributed by atoms with Crippen LogP contribution < -0.4 is 10.6 Å². The average Bonchev–Trinajstić information content (AvgIpc) is 2.90. The molecule has 0 aliphatic carbocycles. The minimum atomic E-state index is -0.361. The first-order valence-corrected chi connectivity index (χ1v) is 7.58. The standard InChI is InChI=1S/C17H22N4O2/c1-5-15(22)18-14-11-13(16(23)19-17(2,3)4)20-21(14)12-9-7-6-8-10-12/h6-11H,5H2,1-4H3,(H,18,22)(H,19,23). The SMILES string of the molecule is CCC(=O)Nc1cc(C(=O)NC(C)(C)C)nn1-c1ccccc1. The predicted molar refractivity (Wildman–Crippen MR) is 89.7 cm³/mol. The van der Waals surface area contributed by atoms with Gasteiger partial charge in [-0.15, -0.1) is 0 Å². The fourth-order valence-electron chi connectivity index (χ4n) is 1.98. The number of rotatable bonds is 4. The summed E-state index contributed by atoms with van der Waals surface area (Å²) < 4.78 is 1.56. The summed E-state index contributed by atoms with van der Waals surface area (Å²) in [5.41, 5.74) is 0.671. The maximum absolute atomic E-state index is 12.3.